The van der Waals surface area contributed by atoms with Crippen LogP contribution in [0.2, 0.25) is 0 Å². The Hall–Kier alpha value is -2.05. The molecule has 1 heterocycles. The van der Waals surface area contributed by atoms with Gasteiger partial charge in [0.25, 0.3) is 0 Å². The number of anilines is 1. The Morgan fingerprint density at radius 2 is 2.06 bits per heavy atom. The molecule has 0 aromatic carbocycles. The number of nitrogens with one attached hydrogen (secondary N) is 2. The molecule has 18 heavy (non-hydrogen) atoms. The molecule has 1 rings (SSSR count). The summed E-state index contributed by atoms with van der Waals surface area (Å²) in [6, 6.07) is -0.167. The number of nitrogens with zero attached hydrogens (tertiary/aromatic N) is 3. The van der Waals surface area contributed by atoms with Gasteiger partial charge < -0.3 is 15.5 Å². The summed E-state index contributed by atoms with van der Waals surface area (Å²) >= 11 is 0. The van der Waals surface area contributed by atoms with E-state index in [-0.39, 0.29) is 18.5 Å². The number of carbonyl (C=O) groups excluding carboxylic acids is 2. The van der Waals surface area contributed by atoms with Gasteiger partial charge in [-0.3, -0.25) is 9.48 Å². The predicted molar refractivity (Wildman–Crippen MR) is 68.2 cm³/mol. The molecule has 7 nitrogen and oxygen atoms in total. The van der Waals surface area contributed by atoms with Crippen LogP contribution in [0.5, 0.6) is 0 Å². The van der Waals surface area contributed by atoms with Gasteiger partial charge in [0.15, 0.2) is 0 Å². The van der Waals surface area contributed by atoms with Gasteiger partial charge in [0.2, 0.25) is 5.91 Å². The second-order valence-corrected chi connectivity index (χ2v) is 3.70. The van der Waals surface area contributed by atoms with Crippen molar-refractivity contribution < 1.29 is 9.59 Å². The molecule has 100 valence electrons. The number of rotatable bonds is 5. The van der Waals surface area contributed by atoms with E-state index in [0.717, 1.165) is 0 Å². The molecule has 1 aromatic heterocycles. The van der Waals surface area contributed by atoms with Crippen LogP contribution in [0.15, 0.2) is 12.4 Å². The molecule has 0 aliphatic heterocycles. The number of amides is 3. The monoisotopic (exact) mass is 253 g/mol. The fourth-order valence-corrected chi connectivity index (χ4v) is 1.45. The Kier molecular flexibility index (Phi) is 5.16. The van der Waals surface area contributed by atoms with Crippen LogP contribution in [0, 0.1) is 0 Å². The average Bonchev–Trinajstić information content (AvgIpc) is 2.77. The van der Waals surface area contributed by atoms with Crippen LogP contribution in [-0.2, 0) is 11.3 Å². The quantitative estimate of drug-likeness (QED) is 0.802. The molecule has 0 radical (unpaired) electrons. The first kappa shape index (κ1) is 14.0. The highest BCUT2D eigenvalue weighted by Gasteiger charge is 2.10. The molecule has 0 atom stereocenters. The number of hydrogen-bond donors (Lipinski definition) is 2. The van der Waals surface area contributed by atoms with Crippen LogP contribution >= 0.6 is 0 Å². The summed E-state index contributed by atoms with van der Waals surface area (Å²) in [5.41, 5.74) is 0.579. The van der Waals surface area contributed by atoms with E-state index < -0.39 is 0 Å². The van der Waals surface area contributed by atoms with Gasteiger partial charge in [-0.05, 0) is 13.8 Å². The van der Waals surface area contributed by atoms with Crippen LogP contribution in [0.1, 0.15) is 13.8 Å². The smallest absolute Gasteiger partial charge is 0.321 e. The number of urea groups is 1. The topological polar surface area (TPSA) is 79.3 Å². The Morgan fingerprint density at radius 1 is 1.39 bits per heavy atom. The molecule has 0 fully saturated rings. The summed E-state index contributed by atoms with van der Waals surface area (Å²) in [6.07, 6.45) is 3.14. The zero-order chi connectivity index (χ0) is 13.5. The summed E-state index contributed by atoms with van der Waals surface area (Å²) in [4.78, 5) is 24.6. The van der Waals surface area contributed by atoms with Gasteiger partial charge in [-0.25, -0.2) is 4.79 Å². The highest BCUT2D eigenvalue weighted by molar-refractivity contribution is 5.89. The molecule has 0 aliphatic carbocycles. The maximum Gasteiger partial charge on any atom is 0.321 e. The fourth-order valence-electron chi connectivity index (χ4n) is 1.45. The summed E-state index contributed by atoms with van der Waals surface area (Å²) in [5, 5.41) is 9.22. The molecule has 3 amide bonds. The van der Waals surface area contributed by atoms with Gasteiger partial charge in [0.05, 0.1) is 11.9 Å². The van der Waals surface area contributed by atoms with E-state index in [1.165, 1.54) is 10.9 Å². The SMILES string of the molecule is CCN(CC)C(=O)Nc1cnn(CC(=O)NC)c1. The molecule has 0 saturated heterocycles. The lowest BCUT2D eigenvalue weighted by Gasteiger charge is -2.18. The first-order chi connectivity index (χ1) is 8.60. The molecule has 0 unspecified atom stereocenters. The molecule has 0 bridgehead atoms. The lowest BCUT2D eigenvalue weighted by Crippen LogP contribution is -2.34. The van der Waals surface area contributed by atoms with Gasteiger partial charge in [-0.1, -0.05) is 0 Å². The zero-order valence-corrected chi connectivity index (χ0v) is 10.9. The minimum absolute atomic E-state index is 0.137. The third kappa shape index (κ3) is 3.76. The normalized spacial score (nSPS) is 9.94. The van der Waals surface area contributed by atoms with Crippen LogP contribution in [0.3, 0.4) is 0 Å². The predicted octanol–water partition coefficient (Wildman–Crippen LogP) is 0.503. The van der Waals surface area contributed by atoms with Crippen molar-refractivity contribution in [2.24, 2.45) is 0 Å². The van der Waals surface area contributed by atoms with E-state index in [1.807, 2.05) is 13.8 Å². The highest BCUT2D eigenvalue weighted by Crippen LogP contribution is 2.06. The second kappa shape index (κ2) is 6.63. The summed E-state index contributed by atoms with van der Waals surface area (Å²) in [6.45, 7) is 5.26. The molecular weight excluding hydrogens is 234 g/mol. The summed E-state index contributed by atoms with van der Waals surface area (Å²) in [7, 11) is 1.56. The Bertz CT molecular complexity index is 411. The second-order valence-electron chi connectivity index (χ2n) is 3.70. The van der Waals surface area contributed by atoms with Crippen LogP contribution in [-0.4, -0.2) is 46.8 Å². The molecule has 0 aliphatic rings. The zero-order valence-electron chi connectivity index (χ0n) is 10.9. The first-order valence-electron chi connectivity index (χ1n) is 5.89. The van der Waals surface area contributed by atoms with Crippen molar-refractivity contribution in [3.8, 4) is 0 Å². The molecule has 2 N–H and O–H groups in total. The van der Waals surface area contributed by atoms with E-state index in [1.54, 1.807) is 18.1 Å². The van der Waals surface area contributed by atoms with Gasteiger partial charge in [0, 0.05) is 26.3 Å². The fraction of sp³-hybridized carbons (Fsp3) is 0.545. The Balaban J connectivity index is 2.58. The van der Waals surface area contributed by atoms with E-state index in [9.17, 15) is 9.59 Å². The number of carbonyl (C=O) groups is 2. The van der Waals surface area contributed by atoms with Crippen molar-refractivity contribution in [3.05, 3.63) is 12.4 Å². The first-order valence-corrected chi connectivity index (χ1v) is 5.89. The van der Waals surface area contributed by atoms with Crippen LogP contribution in [0.4, 0.5) is 10.5 Å². The van der Waals surface area contributed by atoms with E-state index in [0.29, 0.717) is 18.8 Å². The van der Waals surface area contributed by atoms with Crippen LogP contribution < -0.4 is 10.6 Å². The maximum atomic E-state index is 11.8. The Morgan fingerprint density at radius 3 is 2.61 bits per heavy atom. The number of hydrogen-bond acceptors (Lipinski definition) is 3. The molecule has 0 spiro atoms. The van der Waals surface area contributed by atoms with Crippen molar-refractivity contribution >= 4 is 17.6 Å². The lowest BCUT2D eigenvalue weighted by molar-refractivity contribution is -0.121. The van der Waals surface area contributed by atoms with Crippen LogP contribution in [0.25, 0.3) is 0 Å². The van der Waals surface area contributed by atoms with Crippen molar-refractivity contribution in [1.29, 1.82) is 0 Å². The third-order valence-corrected chi connectivity index (χ3v) is 2.52. The van der Waals surface area contributed by atoms with Gasteiger partial charge >= 0.3 is 6.03 Å². The van der Waals surface area contributed by atoms with Crippen molar-refractivity contribution in [3.63, 3.8) is 0 Å². The van der Waals surface area contributed by atoms with E-state index in [2.05, 4.69) is 15.7 Å². The van der Waals surface area contributed by atoms with Crippen molar-refractivity contribution in [2.45, 2.75) is 20.4 Å². The molecule has 7 heteroatoms. The number of aromatic nitrogens is 2. The Labute approximate surface area is 106 Å². The average molecular weight is 253 g/mol. The van der Waals surface area contributed by atoms with Crippen molar-refractivity contribution in [1.82, 2.24) is 20.0 Å². The third-order valence-electron chi connectivity index (χ3n) is 2.52. The van der Waals surface area contributed by atoms with E-state index >= 15 is 0 Å². The minimum atomic E-state index is -0.167. The molecule has 0 saturated carbocycles. The standard InChI is InChI=1S/C11H19N5O2/c1-4-15(5-2)11(18)14-9-6-13-16(7-9)8-10(17)12-3/h6-7H,4-5,8H2,1-3H3,(H,12,17)(H,14,18). The van der Waals surface area contributed by atoms with Gasteiger partial charge in [0.1, 0.15) is 6.54 Å². The summed E-state index contributed by atoms with van der Waals surface area (Å²) < 4.78 is 1.47. The minimum Gasteiger partial charge on any atom is -0.358 e. The van der Waals surface area contributed by atoms with Gasteiger partial charge in [-0.15, -0.1) is 0 Å². The molecule has 1 aromatic rings. The summed E-state index contributed by atoms with van der Waals surface area (Å²) in [5.74, 6) is -0.139. The maximum absolute atomic E-state index is 11.8. The largest absolute Gasteiger partial charge is 0.358 e. The lowest BCUT2D eigenvalue weighted by atomic mass is 10.5. The highest BCUT2D eigenvalue weighted by atomic mass is 16.2. The van der Waals surface area contributed by atoms with E-state index in [4.69, 9.17) is 0 Å². The van der Waals surface area contributed by atoms with Gasteiger partial charge in [-0.2, -0.15) is 5.10 Å². The van der Waals surface area contributed by atoms with Crippen molar-refractivity contribution in [2.75, 3.05) is 25.5 Å². The molecular formula is C11H19N5O2. The number of likely N-dealkylation sites (N-methyl/N-ethyl adjacent to an activating group) is 1.